The number of carboxylic acid groups (broad SMARTS) is 1. The van der Waals surface area contributed by atoms with E-state index >= 15 is 0 Å². The maximum absolute atomic E-state index is 15.0. The number of anilines is 2. The molecule has 1 fully saturated rings. The van der Waals surface area contributed by atoms with Crippen molar-refractivity contribution in [3.63, 3.8) is 0 Å². The van der Waals surface area contributed by atoms with Gasteiger partial charge in [-0.3, -0.25) is 9.59 Å². The monoisotopic (exact) mass is 565 g/mol. The van der Waals surface area contributed by atoms with Gasteiger partial charge in [-0.1, -0.05) is 0 Å². The third kappa shape index (κ3) is 5.99. The molecule has 0 bridgehead atoms. The zero-order chi connectivity index (χ0) is 29.3. The Morgan fingerprint density at radius 2 is 1.95 bits per heavy atom. The molecule has 41 heavy (non-hydrogen) atoms. The van der Waals surface area contributed by atoms with Gasteiger partial charge in [-0.15, -0.1) is 0 Å². The first-order chi connectivity index (χ1) is 19.6. The van der Waals surface area contributed by atoms with Crippen molar-refractivity contribution in [2.45, 2.75) is 45.8 Å². The van der Waals surface area contributed by atoms with Crippen molar-refractivity contribution >= 4 is 34.7 Å². The highest BCUT2D eigenvalue weighted by Crippen LogP contribution is 2.30. The Hall–Kier alpha value is -4.52. The number of imidazole rings is 1. The number of amides is 1. The van der Waals surface area contributed by atoms with Crippen molar-refractivity contribution < 1.29 is 28.2 Å². The van der Waals surface area contributed by atoms with Gasteiger partial charge in [0.05, 0.1) is 30.0 Å². The normalized spacial score (nSPS) is 15.5. The van der Waals surface area contributed by atoms with Gasteiger partial charge in [-0.05, 0) is 51.5 Å². The Bertz CT molecular complexity index is 1610. The molecular weight excluding hydrogens is 536 g/mol. The van der Waals surface area contributed by atoms with Crippen LogP contribution in [0.2, 0.25) is 0 Å². The lowest BCUT2D eigenvalue weighted by Crippen LogP contribution is -2.45. The third-order valence-electron chi connectivity index (χ3n) is 6.82. The average molecular weight is 566 g/mol. The summed E-state index contributed by atoms with van der Waals surface area (Å²) in [6.07, 6.45) is 2.34. The van der Waals surface area contributed by atoms with E-state index in [1.165, 1.54) is 12.3 Å². The molecule has 3 aromatic heterocycles. The lowest BCUT2D eigenvalue weighted by atomic mass is 10.1. The highest BCUT2D eigenvalue weighted by molar-refractivity contribution is 5.94. The van der Waals surface area contributed by atoms with Gasteiger partial charge in [-0.25, -0.2) is 28.7 Å². The number of morpholine rings is 1. The lowest BCUT2D eigenvalue weighted by Gasteiger charge is -2.32. The number of carbonyl (C=O) groups excluding carboxylic acids is 1. The molecule has 1 saturated heterocycles. The van der Waals surface area contributed by atoms with E-state index in [-0.39, 0.29) is 47.2 Å². The number of nitrogens with zero attached hydrogens (tertiary/aromatic N) is 6. The fourth-order valence-corrected chi connectivity index (χ4v) is 4.94. The van der Waals surface area contributed by atoms with Gasteiger partial charge in [0.25, 0.3) is 5.91 Å². The minimum atomic E-state index is -0.913. The van der Waals surface area contributed by atoms with Crippen LogP contribution in [0.5, 0.6) is 0 Å². The maximum Gasteiger partial charge on any atom is 0.303 e. The van der Waals surface area contributed by atoms with Crippen LogP contribution in [0.1, 0.15) is 48.9 Å². The summed E-state index contributed by atoms with van der Waals surface area (Å²) < 4.78 is 37.3. The molecule has 4 heterocycles. The Morgan fingerprint density at radius 1 is 1.15 bits per heavy atom. The standard InChI is InChI=1S/C28H29F2N7O4/c1-15(2)37-16(3)33-26-20(29)10-18(11-22(26)37)25-21(30)13-32-28(35-25)34-23-6-4-17(12-31-23)27(40)36-8-9-41-19(14-36)5-7-24(38)39/h4,6,10-13,15,19H,5,7-9,14H2,1-3H3,(H,38,39)(H,31,32,34,35). The molecule has 1 aromatic carbocycles. The van der Waals surface area contributed by atoms with E-state index in [0.717, 1.165) is 6.20 Å². The fourth-order valence-electron chi connectivity index (χ4n) is 4.94. The van der Waals surface area contributed by atoms with Crippen LogP contribution in [0.15, 0.2) is 36.7 Å². The van der Waals surface area contributed by atoms with Gasteiger partial charge in [0, 0.05) is 37.3 Å². The number of nitrogens with one attached hydrogen (secondary N) is 1. The molecule has 1 atom stereocenters. The maximum atomic E-state index is 15.0. The van der Waals surface area contributed by atoms with E-state index in [4.69, 9.17) is 9.84 Å². The van der Waals surface area contributed by atoms with Crippen LogP contribution in [-0.2, 0) is 9.53 Å². The summed E-state index contributed by atoms with van der Waals surface area (Å²) >= 11 is 0. The fraction of sp³-hybridized carbons (Fsp3) is 0.357. The quantitative estimate of drug-likeness (QED) is 0.316. The average Bonchev–Trinajstić information content (AvgIpc) is 3.29. The Labute approximate surface area is 234 Å². The first-order valence-electron chi connectivity index (χ1n) is 13.2. The van der Waals surface area contributed by atoms with Gasteiger partial charge in [0.15, 0.2) is 11.6 Å². The van der Waals surface area contributed by atoms with E-state index in [1.54, 1.807) is 30.0 Å². The number of hydrogen-bond acceptors (Lipinski definition) is 8. The molecule has 2 N–H and O–H groups in total. The zero-order valence-corrected chi connectivity index (χ0v) is 22.8. The second kappa shape index (κ2) is 11.5. The molecule has 4 aromatic rings. The van der Waals surface area contributed by atoms with E-state index in [2.05, 4.69) is 25.3 Å². The van der Waals surface area contributed by atoms with Crippen LogP contribution >= 0.6 is 0 Å². The molecule has 0 aliphatic carbocycles. The largest absolute Gasteiger partial charge is 0.481 e. The van der Waals surface area contributed by atoms with Gasteiger partial charge < -0.3 is 24.6 Å². The molecule has 1 amide bonds. The van der Waals surface area contributed by atoms with Crippen LogP contribution in [0.4, 0.5) is 20.5 Å². The number of pyridine rings is 1. The summed E-state index contributed by atoms with van der Waals surface area (Å²) in [6.45, 7) is 6.71. The second-order valence-electron chi connectivity index (χ2n) is 10.1. The SMILES string of the molecule is Cc1nc2c(F)cc(-c3nc(Nc4ccc(C(=O)N5CCOC(CCC(=O)O)C5)cn4)ncc3F)cc2n1C(C)C. The number of ether oxygens (including phenoxy) is 1. The molecule has 1 aliphatic rings. The summed E-state index contributed by atoms with van der Waals surface area (Å²) in [5.41, 5.74) is 1.24. The van der Waals surface area contributed by atoms with Crippen molar-refractivity contribution in [2.75, 3.05) is 25.0 Å². The molecular formula is C28H29F2N7O4. The number of fused-ring (bicyclic) bond motifs is 1. The highest BCUT2D eigenvalue weighted by atomic mass is 19.1. The Kier molecular flexibility index (Phi) is 7.88. The number of aromatic nitrogens is 5. The van der Waals surface area contributed by atoms with Crippen LogP contribution < -0.4 is 5.32 Å². The van der Waals surface area contributed by atoms with Crippen LogP contribution in [-0.4, -0.2) is 72.2 Å². The molecule has 0 saturated carbocycles. The van der Waals surface area contributed by atoms with E-state index in [1.807, 2.05) is 18.4 Å². The van der Waals surface area contributed by atoms with Crippen LogP contribution in [0, 0.1) is 18.6 Å². The van der Waals surface area contributed by atoms with Crippen molar-refractivity contribution in [3.05, 3.63) is 59.7 Å². The highest BCUT2D eigenvalue weighted by Gasteiger charge is 2.26. The van der Waals surface area contributed by atoms with Crippen molar-refractivity contribution in [3.8, 4) is 11.3 Å². The topological polar surface area (TPSA) is 135 Å². The molecule has 214 valence electrons. The van der Waals surface area contributed by atoms with Crippen molar-refractivity contribution in [1.82, 2.24) is 29.4 Å². The predicted molar refractivity (Wildman–Crippen MR) is 146 cm³/mol. The number of carboxylic acids is 1. The number of hydrogen-bond donors (Lipinski definition) is 2. The number of rotatable bonds is 8. The predicted octanol–water partition coefficient (Wildman–Crippen LogP) is 4.51. The zero-order valence-electron chi connectivity index (χ0n) is 22.8. The lowest BCUT2D eigenvalue weighted by molar-refractivity contribution is -0.138. The van der Waals surface area contributed by atoms with Crippen molar-refractivity contribution in [1.29, 1.82) is 0 Å². The number of aliphatic carboxylic acids is 1. The summed E-state index contributed by atoms with van der Waals surface area (Å²) in [6, 6.07) is 6.03. The van der Waals surface area contributed by atoms with E-state index in [9.17, 15) is 18.4 Å². The van der Waals surface area contributed by atoms with Gasteiger partial charge in [0.2, 0.25) is 5.95 Å². The first kappa shape index (κ1) is 28.0. The summed E-state index contributed by atoms with van der Waals surface area (Å²) in [7, 11) is 0. The number of halogens is 2. The van der Waals surface area contributed by atoms with Gasteiger partial charge in [0.1, 0.15) is 22.9 Å². The van der Waals surface area contributed by atoms with Crippen molar-refractivity contribution in [2.24, 2.45) is 0 Å². The summed E-state index contributed by atoms with van der Waals surface area (Å²) in [5, 5.41) is 11.8. The number of benzene rings is 1. The Balaban J connectivity index is 1.33. The van der Waals surface area contributed by atoms with Crippen LogP contribution in [0.3, 0.4) is 0 Å². The molecule has 1 unspecified atom stereocenters. The molecule has 5 rings (SSSR count). The molecule has 1 aliphatic heterocycles. The molecule has 0 radical (unpaired) electrons. The Morgan fingerprint density at radius 3 is 2.66 bits per heavy atom. The summed E-state index contributed by atoms with van der Waals surface area (Å²) in [4.78, 5) is 42.3. The number of aryl methyl sites for hydroxylation is 1. The first-order valence-corrected chi connectivity index (χ1v) is 13.2. The van der Waals surface area contributed by atoms with E-state index in [0.29, 0.717) is 48.8 Å². The van der Waals surface area contributed by atoms with E-state index < -0.39 is 17.6 Å². The van der Waals surface area contributed by atoms with Crippen LogP contribution in [0.25, 0.3) is 22.3 Å². The molecule has 0 spiro atoms. The number of carbonyl (C=O) groups is 2. The summed E-state index contributed by atoms with van der Waals surface area (Å²) in [5.74, 6) is -1.46. The van der Waals surface area contributed by atoms with Gasteiger partial charge in [-0.2, -0.15) is 0 Å². The molecule has 13 heteroatoms. The minimum Gasteiger partial charge on any atom is -0.481 e. The smallest absolute Gasteiger partial charge is 0.303 e. The molecule has 11 nitrogen and oxygen atoms in total. The third-order valence-corrected chi connectivity index (χ3v) is 6.82. The minimum absolute atomic E-state index is 0.0182. The second-order valence-corrected chi connectivity index (χ2v) is 10.1. The van der Waals surface area contributed by atoms with Gasteiger partial charge >= 0.3 is 5.97 Å².